The van der Waals surface area contributed by atoms with E-state index in [2.05, 4.69) is 9.89 Å². The van der Waals surface area contributed by atoms with Crippen LogP contribution >= 0.6 is 0 Å². The Hall–Kier alpha value is -1.85. The van der Waals surface area contributed by atoms with Gasteiger partial charge < -0.3 is 13.7 Å². The van der Waals surface area contributed by atoms with Gasteiger partial charge in [-0.1, -0.05) is 5.16 Å². The monoisotopic (exact) mass is 366 g/mol. The van der Waals surface area contributed by atoms with Crippen LogP contribution in [0.15, 0.2) is 32.2 Å². The molecule has 2 aromatic heterocycles. The summed E-state index contributed by atoms with van der Waals surface area (Å²) >= 11 is 0. The Morgan fingerprint density at radius 1 is 1.29 bits per heavy atom. The third-order valence-corrected chi connectivity index (χ3v) is 5.18. The summed E-state index contributed by atoms with van der Waals surface area (Å²) in [5.41, 5.74) is 0.576. The van der Waals surface area contributed by atoms with Crippen molar-refractivity contribution in [2.45, 2.75) is 24.3 Å². The Labute approximate surface area is 135 Å². The number of aromatic nitrogens is 1. The van der Waals surface area contributed by atoms with Gasteiger partial charge in [0.25, 0.3) is 10.0 Å². The average molecular weight is 366 g/mol. The standard InChI is InChI=1S/C13H13F3N2O5S/c1-8-6-10(23-17-8)9-2-3-12(22-9)24(19,20)18-4-5-21-11(7-18)13(14,15)16/h2-3,6,11H,4-5,7H2,1H3/t11-/m0/s1. The quantitative estimate of drug-likeness (QED) is 0.828. The molecule has 0 aliphatic carbocycles. The molecule has 0 amide bonds. The van der Waals surface area contributed by atoms with E-state index in [1.807, 2.05) is 0 Å². The van der Waals surface area contributed by atoms with Gasteiger partial charge in [-0.3, -0.25) is 0 Å². The first kappa shape index (κ1) is 17.0. The van der Waals surface area contributed by atoms with Crippen LogP contribution in [-0.4, -0.2) is 49.9 Å². The molecule has 0 spiro atoms. The van der Waals surface area contributed by atoms with Crippen molar-refractivity contribution in [2.24, 2.45) is 0 Å². The van der Waals surface area contributed by atoms with E-state index in [1.54, 1.807) is 13.0 Å². The Morgan fingerprint density at radius 2 is 2.04 bits per heavy atom. The molecule has 0 radical (unpaired) electrons. The Bertz CT molecular complexity index is 827. The highest BCUT2D eigenvalue weighted by Gasteiger charge is 2.46. The molecule has 11 heteroatoms. The van der Waals surface area contributed by atoms with Crippen LogP contribution in [0.4, 0.5) is 13.2 Å². The molecular weight excluding hydrogens is 353 g/mol. The summed E-state index contributed by atoms with van der Waals surface area (Å²) < 4.78 is 78.7. The average Bonchev–Trinajstić information content (AvgIpc) is 3.15. The maximum absolute atomic E-state index is 12.7. The van der Waals surface area contributed by atoms with E-state index in [0.717, 1.165) is 0 Å². The Kier molecular flexibility index (Phi) is 4.18. The lowest BCUT2D eigenvalue weighted by Gasteiger charge is -2.32. The molecule has 1 aliphatic rings. The molecule has 3 rings (SSSR count). The number of ether oxygens (including phenoxy) is 1. The zero-order chi connectivity index (χ0) is 17.5. The van der Waals surface area contributed by atoms with Gasteiger partial charge in [0.2, 0.25) is 10.9 Å². The van der Waals surface area contributed by atoms with Gasteiger partial charge in [-0.15, -0.1) is 0 Å². The van der Waals surface area contributed by atoms with Crippen LogP contribution in [0.1, 0.15) is 5.69 Å². The van der Waals surface area contributed by atoms with Gasteiger partial charge in [-0.25, -0.2) is 8.42 Å². The third kappa shape index (κ3) is 3.19. The normalized spacial score (nSPS) is 20.4. The van der Waals surface area contributed by atoms with Crippen molar-refractivity contribution >= 4 is 10.0 Å². The van der Waals surface area contributed by atoms with E-state index in [0.29, 0.717) is 10.00 Å². The maximum atomic E-state index is 12.7. The van der Waals surface area contributed by atoms with Crippen LogP contribution in [-0.2, 0) is 14.8 Å². The minimum Gasteiger partial charge on any atom is -0.440 e. The highest BCUT2D eigenvalue weighted by Crippen LogP contribution is 2.30. The molecule has 2 aromatic rings. The van der Waals surface area contributed by atoms with Gasteiger partial charge in [-0.2, -0.15) is 17.5 Å². The number of rotatable bonds is 3. The molecule has 0 N–H and O–H groups in total. The lowest BCUT2D eigenvalue weighted by Crippen LogP contribution is -2.50. The first-order valence-electron chi connectivity index (χ1n) is 6.90. The lowest BCUT2D eigenvalue weighted by atomic mass is 10.3. The van der Waals surface area contributed by atoms with E-state index in [1.165, 1.54) is 12.1 Å². The number of morpholine rings is 1. The van der Waals surface area contributed by atoms with E-state index in [9.17, 15) is 21.6 Å². The van der Waals surface area contributed by atoms with E-state index >= 15 is 0 Å². The molecule has 0 aromatic carbocycles. The van der Waals surface area contributed by atoms with Gasteiger partial charge in [0.15, 0.2) is 11.9 Å². The number of alkyl halides is 3. The lowest BCUT2D eigenvalue weighted by molar-refractivity contribution is -0.231. The summed E-state index contributed by atoms with van der Waals surface area (Å²) in [7, 11) is -4.21. The number of nitrogens with zero attached hydrogens (tertiary/aromatic N) is 2. The van der Waals surface area contributed by atoms with Crippen molar-refractivity contribution in [3.8, 4) is 11.5 Å². The summed E-state index contributed by atoms with van der Waals surface area (Å²) in [6.45, 7) is 0.326. The molecule has 24 heavy (non-hydrogen) atoms. The second-order valence-electron chi connectivity index (χ2n) is 5.22. The number of halogens is 3. The summed E-state index contributed by atoms with van der Waals surface area (Å²) in [5.74, 6) is 0.346. The molecule has 132 valence electrons. The Morgan fingerprint density at radius 3 is 2.67 bits per heavy atom. The van der Waals surface area contributed by atoms with Crippen LogP contribution in [0.2, 0.25) is 0 Å². The summed E-state index contributed by atoms with van der Waals surface area (Å²) in [4.78, 5) is 0. The fourth-order valence-corrected chi connectivity index (χ4v) is 3.58. The largest absolute Gasteiger partial charge is 0.440 e. The first-order valence-corrected chi connectivity index (χ1v) is 8.34. The number of hydrogen-bond donors (Lipinski definition) is 0. The zero-order valence-electron chi connectivity index (χ0n) is 12.4. The predicted octanol–water partition coefficient (Wildman–Crippen LogP) is 2.19. The predicted molar refractivity (Wildman–Crippen MR) is 73.5 cm³/mol. The van der Waals surface area contributed by atoms with Gasteiger partial charge in [0, 0.05) is 19.2 Å². The third-order valence-electron chi connectivity index (χ3n) is 3.44. The number of sulfonamides is 1. The van der Waals surface area contributed by atoms with E-state index in [4.69, 9.17) is 8.94 Å². The first-order chi connectivity index (χ1) is 11.2. The number of aryl methyl sites for hydroxylation is 1. The smallest absolute Gasteiger partial charge is 0.415 e. The fourth-order valence-electron chi connectivity index (χ4n) is 2.24. The van der Waals surface area contributed by atoms with Crippen molar-refractivity contribution in [2.75, 3.05) is 19.7 Å². The molecule has 1 atom stereocenters. The van der Waals surface area contributed by atoms with E-state index < -0.39 is 33.9 Å². The van der Waals surface area contributed by atoms with Crippen molar-refractivity contribution in [3.05, 3.63) is 23.9 Å². The van der Waals surface area contributed by atoms with Crippen LogP contribution in [0.25, 0.3) is 11.5 Å². The molecule has 1 aliphatic heterocycles. The van der Waals surface area contributed by atoms with E-state index in [-0.39, 0.29) is 24.7 Å². The Balaban J connectivity index is 1.84. The van der Waals surface area contributed by atoms with Crippen molar-refractivity contribution < 1.29 is 35.3 Å². The summed E-state index contributed by atoms with van der Waals surface area (Å²) in [6.07, 6.45) is -6.80. The van der Waals surface area contributed by atoms with Crippen molar-refractivity contribution in [1.29, 1.82) is 0 Å². The highest BCUT2D eigenvalue weighted by atomic mass is 32.2. The second kappa shape index (κ2) is 5.90. The zero-order valence-corrected chi connectivity index (χ0v) is 13.2. The molecule has 7 nitrogen and oxygen atoms in total. The van der Waals surface area contributed by atoms with Gasteiger partial charge >= 0.3 is 6.18 Å². The fraction of sp³-hybridized carbons (Fsp3) is 0.462. The SMILES string of the molecule is Cc1cc(-c2ccc(S(=O)(=O)N3CCO[C@H](C(F)(F)F)C3)o2)on1. The molecular formula is C13H13F3N2O5S. The molecule has 0 saturated carbocycles. The number of furan rings is 1. The summed E-state index contributed by atoms with van der Waals surface area (Å²) in [6, 6.07) is 4.07. The van der Waals surface area contributed by atoms with Crippen LogP contribution < -0.4 is 0 Å². The minimum absolute atomic E-state index is 0.120. The molecule has 3 heterocycles. The number of hydrogen-bond acceptors (Lipinski definition) is 6. The van der Waals surface area contributed by atoms with Gasteiger partial charge in [0.1, 0.15) is 0 Å². The highest BCUT2D eigenvalue weighted by molar-refractivity contribution is 7.89. The van der Waals surface area contributed by atoms with Crippen LogP contribution in [0.5, 0.6) is 0 Å². The minimum atomic E-state index is -4.64. The maximum Gasteiger partial charge on any atom is 0.415 e. The van der Waals surface area contributed by atoms with Gasteiger partial charge in [0.05, 0.1) is 12.3 Å². The molecule has 1 saturated heterocycles. The molecule has 0 bridgehead atoms. The molecule has 1 fully saturated rings. The topological polar surface area (TPSA) is 85.8 Å². The second-order valence-corrected chi connectivity index (χ2v) is 7.08. The van der Waals surface area contributed by atoms with Crippen molar-refractivity contribution in [3.63, 3.8) is 0 Å². The molecule has 0 unspecified atom stereocenters. The van der Waals surface area contributed by atoms with Crippen LogP contribution in [0, 0.1) is 6.92 Å². The van der Waals surface area contributed by atoms with Crippen molar-refractivity contribution in [1.82, 2.24) is 9.46 Å². The summed E-state index contributed by atoms with van der Waals surface area (Å²) in [5, 5.41) is 3.19. The van der Waals surface area contributed by atoms with Gasteiger partial charge in [-0.05, 0) is 19.1 Å². The van der Waals surface area contributed by atoms with Crippen LogP contribution in [0.3, 0.4) is 0 Å².